The summed E-state index contributed by atoms with van der Waals surface area (Å²) in [6.07, 6.45) is 0. The van der Waals surface area contributed by atoms with E-state index in [9.17, 15) is 4.79 Å². The summed E-state index contributed by atoms with van der Waals surface area (Å²) in [4.78, 5) is 12.2. The Kier molecular flexibility index (Phi) is 4.08. The Bertz CT molecular complexity index is 854. The molecule has 6 nitrogen and oxygen atoms in total. The lowest BCUT2D eigenvalue weighted by Gasteiger charge is -2.04. The maximum Gasteiger partial charge on any atom is 0.292 e. The van der Waals surface area contributed by atoms with Crippen molar-refractivity contribution < 1.29 is 13.9 Å². The lowest BCUT2D eigenvalue weighted by Crippen LogP contribution is -2.13. The highest BCUT2D eigenvalue weighted by molar-refractivity contribution is 6.32. The van der Waals surface area contributed by atoms with Crippen LogP contribution in [0.25, 0.3) is 0 Å². The van der Waals surface area contributed by atoms with Crippen molar-refractivity contribution in [1.82, 2.24) is 9.78 Å². The van der Waals surface area contributed by atoms with E-state index in [4.69, 9.17) is 20.8 Å². The van der Waals surface area contributed by atoms with Gasteiger partial charge in [-0.05, 0) is 25.1 Å². The summed E-state index contributed by atoms with van der Waals surface area (Å²) in [6.45, 7) is 1.85. The van der Waals surface area contributed by atoms with Crippen molar-refractivity contribution in [2.75, 3.05) is 5.32 Å². The number of para-hydroxylation sites is 1. The fraction of sp³-hybridized carbons (Fsp3) is 0.125. The summed E-state index contributed by atoms with van der Waals surface area (Å²) in [7, 11) is 1.75. The second kappa shape index (κ2) is 6.18. The first-order valence-corrected chi connectivity index (χ1v) is 7.25. The Morgan fingerprint density at radius 1 is 1.30 bits per heavy atom. The lowest BCUT2D eigenvalue weighted by atomic mass is 10.3. The van der Waals surface area contributed by atoms with Gasteiger partial charge in [0.1, 0.15) is 11.6 Å². The number of amides is 1. The molecule has 3 rings (SSSR count). The minimum atomic E-state index is -0.387. The summed E-state index contributed by atoms with van der Waals surface area (Å²) in [5.41, 5.74) is 0.810. The van der Waals surface area contributed by atoms with Crippen molar-refractivity contribution in [1.29, 1.82) is 0 Å². The number of carbonyl (C=O) groups excluding carboxylic acids is 1. The highest BCUT2D eigenvalue weighted by atomic mass is 35.5. The zero-order chi connectivity index (χ0) is 16.4. The second-order valence-electron chi connectivity index (χ2n) is 4.90. The van der Waals surface area contributed by atoms with Gasteiger partial charge in [-0.3, -0.25) is 9.48 Å². The molecule has 0 aliphatic rings. The molecule has 0 unspecified atom stereocenters. The zero-order valence-corrected chi connectivity index (χ0v) is 13.3. The molecule has 2 heterocycles. The fourth-order valence-corrected chi connectivity index (χ4v) is 2.21. The molecule has 7 heteroatoms. The van der Waals surface area contributed by atoms with Crippen LogP contribution in [0.5, 0.6) is 11.7 Å². The van der Waals surface area contributed by atoms with E-state index in [-0.39, 0.29) is 17.6 Å². The molecule has 0 aliphatic heterocycles. The summed E-state index contributed by atoms with van der Waals surface area (Å²) >= 11 is 6.01. The third-order valence-corrected chi connectivity index (χ3v) is 3.41. The second-order valence-corrected chi connectivity index (χ2v) is 5.31. The number of aryl methyl sites for hydroxylation is 2. The minimum Gasteiger partial charge on any atom is -0.424 e. The molecule has 0 saturated heterocycles. The van der Waals surface area contributed by atoms with Gasteiger partial charge in [-0.25, -0.2) is 0 Å². The maximum absolute atomic E-state index is 12.2. The predicted octanol–water partition coefficient (Wildman–Crippen LogP) is 4.02. The van der Waals surface area contributed by atoms with Gasteiger partial charge in [-0.15, -0.1) is 0 Å². The molecule has 0 saturated carbocycles. The van der Waals surface area contributed by atoms with Crippen LogP contribution in [-0.2, 0) is 7.05 Å². The van der Waals surface area contributed by atoms with E-state index < -0.39 is 0 Å². The number of nitrogens with one attached hydrogen (secondary N) is 1. The van der Waals surface area contributed by atoms with Gasteiger partial charge < -0.3 is 14.5 Å². The summed E-state index contributed by atoms with van der Waals surface area (Å²) in [5, 5.41) is 7.34. The van der Waals surface area contributed by atoms with Gasteiger partial charge in [-0.1, -0.05) is 23.7 Å². The van der Waals surface area contributed by atoms with Crippen LogP contribution in [-0.4, -0.2) is 15.7 Å². The number of nitrogens with zero attached hydrogens (tertiary/aromatic N) is 2. The van der Waals surface area contributed by atoms with Gasteiger partial charge in [0.2, 0.25) is 0 Å². The highest BCUT2D eigenvalue weighted by Gasteiger charge is 2.15. The van der Waals surface area contributed by atoms with Crippen molar-refractivity contribution in [2.45, 2.75) is 6.92 Å². The molecule has 1 aromatic carbocycles. The summed E-state index contributed by atoms with van der Waals surface area (Å²) in [5.74, 6) is 0.965. The van der Waals surface area contributed by atoms with Crippen LogP contribution in [0.4, 0.5) is 5.82 Å². The molecule has 1 N–H and O–H groups in total. The van der Waals surface area contributed by atoms with E-state index in [2.05, 4.69) is 10.4 Å². The number of rotatable bonds is 4. The Balaban J connectivity index is 1.72. The fourth-order valence-electron chi connectivity index (χ4n) is 2.04. The van der Waals surface area contributed by atoms with Gasteiger partial charge in [0.15, 0.2) is 5.76 Å². The van der Waals surface area contributed by atoms with E-state index in [1.165, 1.54) is 6.07 Å². The summed E-state index contributed by atoms with van der Waals surface area (Å²) < 4.78 is 12.5. The normalized spacial score (nSPS) is 10.6. The molecule has 3 aromatic rings. The van der Waals surface area contributed by atoms with E-state index in [1.54, 1.807) is 48.1 Å². The molecule has 118 valence electrons. The molecule has 0 atom stereocenters. The number of benzene rings is 1. The average molecular weight is 332 g/mol. The molecule has 0 aliphatic carbocycles. The lowest BCUT2D eigenvalue weighted by molar-refractivity contribution is 0.0991. The first-order chi connectivity index (χ1) is 11.0. The van der Waals surface area contributed by atoms with Gasteiger partial charge in [0.05, 0.1) is 10.7 Å². The van der Waals surface area contributed by atoms with E-state index in [0.29, 0.717) is 16.6 Å². The average Bonchev–Trinajstić information content (AvgIpc) is 3.09. The number of ether oxygens (including phenoxy) is 1. The van der Waals surface area contributed by atoms with Crippen LogP contribution in [0, 0.1) is 6.92 Å². The Morgan fingerprint density at radius 3 is 2.78 bits per heavy atom. The molecule has 0 bridgehead atoms. The molecule has 23 heavy (non-hydrogen) atoms. The smallest absolute Gasteiger partial charge is 0.292 e. The van der Waals surface area contributed by atoms with Crippen molar-refractivity contribution in [3.05, 3.63) is 58.9 Å². The van der Waals surface area contributed by atoms with Crippen LogP contribution >= 0.6 is 11.6 Å². The first kappa shape index (κ1) is 15.2. The molecular weight excluding hydrogens is 318 g/mol. The summed E-state index contributed by atoms with van der Waals surface area (Å²) in [6, 6.07) is 11.9. The molecule has 0 radical (unpaired) electrons. The van der Waals surface area contributed by atoms with Crippen LogP contribution < -0.4 is 10.1 Å². The van der Waals surface area contributed by atoms with Crippen LogP contribution in [0.3, 0.4) is 0 Å². The topological polar surface area (TPSA) is 69.3 Å². The zero-order valence-electron chi connectivity index (χ0n) is 12.5. The monoisotopic (exact) mass is 331 g/mol. The van der Waals surface area contributed by atoms with Crippen LogP contribution in [0.15, 0.2) is 46.9 Å². The van der Waals surface area contributed by atoms with Gasteiger partial charge in [0, 0.05) is 19.2 Å². The molecule has 0 spiro atoms. The highest BCUT2D eigenvalue weighted by Crippen LogP contribution is 2.30. The maximum atomic E-state index is 12.2. The van der Waals surface area contributed by atoms with Gasteiger partial charge in [0.25, 0.3) is 11.9 Å². The molecule has 2 aromatic heterocycles. The number of halogens is 1. The van der Waals surface area contributed by atoms with E-state index >= 15 is 0 Å². The van der Waals surface area contributed by atoms with Crippen molar-refractivity contribution in [3.8, 4) is 11.7 Å². The SMILES string of the molecule is Cc1cc(NC(=O)c2ccc(Oc3ccccc3Cl)o2)n(C)n1. The number of anilines is 1. The Morgan fingerprint density at radius 2 is 2.09 bits per heavy atom. The van der Waals surface area contributed by atoms with Crippen molar-refractivity contribution >= 4 is 23.3 Å². The van der Waals surface area contributed by atoms with E-state index in [0.717, 1.165) is 5.69 Å². The molecule has 0 fully saturated rings. The largest absolute Gasteiger partial charge is 0.424 e. The Labute approximate surface area is 137 Å². The molecular formula is C16H14ClN3O3. The third-order valence-electron chi connectivity index (χ3n) is 3.10. The van der Waals surface area contributed by atoms with Crippen LogP contribution in [0.1, 0.15) is 16.2 Å². The number of furan rings is 1. The minimum absolute atomic E-state index is 0.130. The number of hydrogen-bond acceptors (Lipinski definition) is 4. The predicted molar refractivity (Wildman–Crippen MR) is 86.1 cm³/mol. The quantitative estimate of drug-likeness (QED) is 0.784. The van der Waals surface area contributed by atoms with Crippen LogP contribution in [0.2, 0.25) is 5.02 Å². The Hall–Kier alpha value is -2.73. The van der Waals surface area contributed by atoms with Gasteiger partial charge in [-0.2, -0.15) is 5.10 Å². The molecule has 1 amide bonds. The van der Waals surface area contributed by atoms with Crippen molar-refractivity contribution in [3.63, 3.8) is 0 Å². The number of aromatic nitrogens is 2. The standard InChI is InChI=1S/C16H14ClN3O3/c1-10-9-14(20(2)19-10)18-16(21)13-7-8-15(23-13)22-12-6-4-3-5-11(12)17/h3-9H,1-2H3,(H,18,21). The number of carbonyl (C=O) groups is 1. The van der Waals surface area contributed by atoms with E-state index in [1.807, 2.05) is 6.92 Å². The first-order valence-electron chi connectivity index (χ1n) is 6.87. The van der Waals surface area contributed by atoms with Crippen molar-refractivity contribution in [2.24, 2.45) is 7.05 Å². The van der Waals surface area contributed by atoms with Gasteiger partial charge >= 0.3 is 0 Å². The number of hydrogen-bond donors (Lipinski definition) is 1. The third kappa shape index (κ3) is 3.37.